The van der Waals surface area contributed by atoms with Crippen molar-refractivity contribution >= 4 is 34.2 Å². The Labute approximate surface area is 115 Å². The third-order valence-electron chi connectivity index (χ3n) is 2.91. The number of hydrogen-bond acceptors (Lipinski definition) is 1. The molecule has 0 atom stereocenters. The van der Waals surface area contributed by atoms with Gasteiger partial charge in [-0.05, 0) is 30.7 Å². The van der Waals surface area contributed by atoms with E-state index in [4.69, 9.17) is 23.2 Å². The summed E-state index contributed by atoms with van der Waals surface area (Å²) in [5, 5.41) is 1.35. The molecule has 1 N–H and O–H groups in total. The fourth-order valence-electron chi connectivity index (χ4n) is 1.96. The van der Waals surface area contributed by atoms with Gasteiger partial charge in [0.1, 0.15) is 11.3 Å². The van der Waals surface area contributed by atoms with Crippen molar-refractivity contribution in [2.24, 2.45) is 0 Å². The van der Waals surface area contributed by atoms with Gasteiger partial charge in [0, 0.05) is 5.56 Å². The monoisotopic (exact) mass is 276 g/mol. The maximum atomic E-state index is 6.30. The first-order valence-electron chi connectivity index (χ1n) is 5.56. The van der Waals surface area contributed by atoms with Crippen LogP contribution in [0.4, 0.5) is 0 Å². The molecular weight excluding hydrogens is 267 g/mol. The molecule has 0 saturated carbocycles. The Morgan fingerprint density at radius 1 is 1.06 bits per heavy atom. The minimum Gasteiger partial charge on any atom is -0.338 e. The molecular formula is C14H10Cl2N2. The Hall–Kier alpha value is -1.51. The van der Waals surface area contributed by atoms with E-state index < -0.39 is 0 Å². The summed E-state index contributed by atoms with van der Waals surface area (Å²) in [6, 6.07) is 11.5. The molecule has 4 heteroatoms. The van der Waals surface area contributed by atoms with Crippen LogP contribution in [-0.2, 0) is 0 Å². The van der Waals surface area contributed by atoms with Crippen LogP contribution in [-0.4, -0.2) is 9.97 Å². The highest BCUT2D eigenvalue weighted by Gasteiger charge is 2.11. The van der Waals surface area contributed by atoms with Gasteiger partial charge in [-0.3, -0.25) is 0 Å². The number of halogens is 2. The molecule has 2 aromatic carbocycles. The number of aryl methyl sites for hydroxylation is 1. The molecule has 90 valence electrons. The van der Waals surface area contributed by atoms with Crippen LogP contribution < -0.4 is 0 Å². The smallest absolute Gasteiger partial charge is 0.140 e. The summed E-state index contributed by atoms with van der Waals surface area (Å²) in [4.78, 5) is 7.75. The van der Waals surface area contributed by atoms with Crippen molar-refractivity contribution in [1.82, 2.24) is 9.97 Å². The molecule has 0 saturated heterocycles. The number of benzene rings is 2. The lowest BCUT2D eigenvalue weighted by molar-refractivity contribution is 1.32. The number of hydrogen-bond donors (Lipinski definition) is 1. The molecule has 3 rings (SSSR count). The SMILES string of the molecule is Cc1cccc(-c2nc3c(Cl)cccc3[nH]2)c1Cl. The van der Waals surface area contributed by atoms with Gasteiger partial charge >= 0.3 is 0 Å². The zero-order valence-electron chi connectivity index (χ0n) is 9.67. The van der Waals surface area contributed by atoms with Gasteiger partial charge in [0.15, 0.2) is 0 Å². The maximum absolute atomic E-state index is 6.30. The van der Waals surface area contributed by atoms with Crippen LogP contribution >= 0.6 is 23.2 Å². The quantitative estimate of drug-likeness (QED) is 0.677. The number of H-pyrrole nitrogens is 1. The average molecular weight is 277 g/mol. The predicted molar refractivity (Wildman–Crippen MR) is 76.3 cm³/mol. The van der Waals surface area contributed by atoms with Gasteiger partial charge < -0.3 is 4.98 Å². The van der Waals surface area contributed by atoms with E-state index in [9.17, 15) is 0 Å². The van der Waals surface area contributed by atoms with Crippen LogP contribution in [0.2, 0.25) is 10.0 Å². The van der Waals surface area contributed by atoms with Crippen molar-refractivity contribution in [1.29, 1.82) is 0 Å². The second kappa shape index (κ2) is 4.30. The molecule has 0 fully saturated rings. The highest BCUT2D eigenvalue weighted by Crippen LogP contribution is 2.31. The van der Waals surface area contributed by atoms with Crippen LogP contribution in [0.15, 0.2) is 36.4 Å². The predicted octanol–water partition coefficient (Wildman–Crippen LogP) is 4.85. The summed E-state index contributed by atoms with van der Waals surface area (Å²) >= 11 is 12.4. The summed E-state index contributed by atoms with van der Waals surface area (Å²) in [6.07, 6.45) is 0. The standard InChI is InChI=1S/C14H10Cl2N2/c1-8-4-2-5-9(12(8)16)14-17-11-7-3-6-10(15)13(11)18-14/h2-7H,1H3,(H,17,18). The number of fused-ring (bicyclic) bond motifs is 1. The molecule has 0 unspecified atom stereocenters. The first-order valence-corrected chi connectivity index (χ1v) is 6.32. The van der Waals surface area contributed by atoms with Gasteiger partial charge in [-0.15, -0.1) is 0 Å². The Balaban J connectivity index is 2.26. The molecule has 0 spiro atoms. The number of aromatic amines is 1. The minimum absolute atomic E-state index is 0.638. The largest absolute Gasteiger partial charge is 0.338 e. The normalized spacial score (nSPS) is 11.1. The van der Waals surface area contributed by atoms with E-state index in [1.807, 2.05) is 43.3 Å². The van der Waals surface area contributed by atoms with Crippen LogP contribution in [0.25, 0.3) is 22.4 Å². The lowest BCUT2D eigenvalue weighted by Gasteiger charge is -2.02. The number of nitrogens with one attached hydrogen (secondary N) is 1. The molecule has 0 bridgehead atoms. The Morgan fingerprint density at radius 3 is 2.61 bits per heavy atom. The van der Waals surface area contributed by atoms with Crippen LogP contribution in [0.1, 0.15) is 5.56 Å². The molecule has 0 amide bonds. The first-order chi connectivity index (χ1) is 8.66. The van der Waals surface area contributed by atoms with E-state index >= 15 is 0 Å². The third kappa shape index (κ3) is 1.78. The second-order valence-electron chi connectivity index (χ2n) is 4.16. The highest BCUT2D eigenvalue weighted by molar-refractivity contribution is 6.35. The highest BCUT2D eigenvalue weighted by atomic mass is 35.5. The molecule has 18 heavy (non-hydrogen) atoms. The third-order valence-corrected chi connectivity index (χ3v) is 3.72. The fraction of sp³-hybridized carbons (Fsp3) is 0.0714. The molecule has 0 radical (unpaired) electrons. The van der Waals surface area contributed by atoms with Gasteiger partial charge in [-0.2, -0.15) is 0 Å². The number of aromatic nitrogens is 2. The Kier molecular flexibility index (Phi) is 2.77. The molecule has 0 aliphatic heterocycles. The van der Waals surface area contributed by atoms with Gasteiger partial charge in [0.25, 0.3) is 0 Å². The maximum Gasteiger partial charge on any atom is 0.140 e. The fourth-order valence-corrected chi connectivity index (χ4v) is 2.39. The Bertz CT molecular complexity index is 732. The van der Waals surface area contributed by atoms with Crippen LogP contribution in [0.5, 0.6) is 0 Å². The van der Waals surface area contributed by atoms with Crippen molar-refractivity contribution in [2.45, 2.75) is 6.92 Å². The average Bonchev–Trinajstić information content (AvgIpc) is 2.78. The summed E-state index contributed by atoms with van der Waals surface area (Å²) < 4.78 is 0. The van der Waals surface area contributed by atoms with E-state index in [0.29, 0.717) is 10.0 Å². The van der Waals surface area contributed by atoms with E-state index in [0.717, 1.165) is 28.0 Å². The molecule has 2 nitrogen and oxygen atoms in total. The van der Waals surface area contributed by atoms with Crippen LogP contribution in [0.3, 0.4) is 0 Å². The van der Waals surface area contributed by atoms with Gasteiger partial charge in [-0.1, -0.05) is 41.4 Å². The number of nitrogens with zero attached hydrogens (tertiary/aromatic N) is 1. The first kappa shape index (κ1) is 11.6. The minimum atomic E-state index is 0.638. The van der Waals surface area contributed by atoms with Crippen molar-refractivity contribution in [2.75, 3.05) is 0 Å². The van der Waals surface area contributed by atoms with E-state index in [1.165, 1.54) is 0 Å². The van der Waals surface area contributed by atoms with Gasteiger partial charge in [0.05, 0.1) is 15.6 Å². The summed E-state index contributed by atoms with van der Waals surface area (Å²) in [6.45, 7) is 1.97. The molecule has 1 aromatic heterocycles. The summed E-state index contributed by atoms with van der Waals surface area (Å²) in [5.41, 5.74) is 3.60. The number of para-hydroxylation sites is 1. The molecule has 0 aliphatic rings. The number of imidazole rings is 1. The van der Waals surface area contributed by atoms with Crippen molar-refractivity contribution in [3.8, 4) is 11.4 Å². The van der Waals surface area contributed by atoms with E-state index in [1.54, 1.807) is 0 Å². The van der Waals surface area contributed by atoms with Crippen molar-refractivity contribution in [3.05, 3.63) is 52.0 Å². The molecule has 1 heterocycles. The zero-order valence-corrected chi connectivity index (χ0v) is 11.2. The van der Waals surface area contributed by atoms with Gasteiger partial charge in [0.2, 0.25) is 0 Å². The van der Waals surface area contributed by atoms with Crippen LogP contribution in [0, 0.1) is 6.92 Å². The summed E-state index contributed by atoms with van der Waals surface area (Å²) in [7, 11) is 0. The second-order valence-corrected chi connectivity index (χ2v) is 4.94. The van der Waals surface area contributed by atoms with Crippen molar-refractivity contribution in [3.63, 3.8) is 0 Å². The van der Waals surface area contributed by atoms with Crippen molar-refractivity contribution < 1.29 is 0 Å². The lowest BCUT2D eigenvalue weighted by Crippen LogP contribution is -1.84. The zero-order chi connectivity index (χ0) is 12.7. The van der Waals surface area contributed by atoms with Gasteiger partial charge in [-0.25, -0.2) is 4.98 Å². The van der Waals surface area contributed by atoms with E-state index in [-0.39, 0.29) is 0 Å². The molecule has 0 aliphatic carbocycles. The molecule has 3 aromatic rings. The Morgan fingerprint density at radius 2 is 1.83 bits per heavy atom. The summed E-state index contributed by atoms with van der Waals surface area (Å²) in [5.74, 6) is 0.742. The van der Waals surface area contributed by atoms with E-state index in [2.05, 4.69) is 9.97 Å². The topological polar surface area (TPSA) is 28.7 Å². The lowest BCUT2D eigenvalue weighted by atomic mass is 10.1. The number of rotatable bonds is 1.